The number of carboxylic acid groups (broad SMARTS) is 1. The monoisotopic (exact) mass is 866 g/mol. The largest absolute Gasteiger partial charge is 0.480 e. The molecule has 0 aromatic heterocycles. The molecule has 59 heavy (non-hydrogen) atoms. The van der Waals surface area contributed by atoms with Gasteiger partial charge < -0.3 is 59.9 Å². The zero-order chi connectivity index (χ0) is 43.7. The predicted molar refractivity (Wildman–Crippen MR) is 230 cm³/mol. The fourth-order valence-corrected chi connectivity index (χ4v) is 8.45. The molecule has 0 bridgehead atoms. The number of carbonyl (C=O) groups excluding carboxylic acids is 6. The highest BCUT2D eigenvalue weighted by atomic mass is 33.1. The van der Waals surface area contributed by atoms with Crippen molar-refractivity contribution in [2.75, 3.05) is 31.1 Å². The van der Waals surface area contributed by atoms with Gasteiger partial charge in [0.1, 0.15) is 36.3 Å². The van der Waals surface area contributed by atoms with E-state index < -0.39 is 83.7 Å². The first-order valence-electron chi connectivity index (χ1n) is 20.4. The SMILES string of the molecule is CC(C)CC1NC(=O)C(Cc2ccccc2)NC(=O)[C@H](CCCCN)NC(=O)[C@@H](N)CSSC[C@@H](C(=O)O)NC(=O)[C@H](CCCCN)NC(=O)C(CCCCN)NC1=O. The second-order valence-electron chi connectivity index (χ2n) is 15.1. The van der Waals surface area contributed by atoms with Crippen molar-refractivity contribution in [3.63, 3.8) is 0 Å². The summed E-state index contributed by atoms with van der Waals surface area (Å²) in [7, 11) is 2.19. The average molecular weight is 867 g/mol. The van der Waals surface area contributed by atoms with Crippen LogP contribution in [0.25, 0.3) is 0 Å². The Labute approximate surface area is 355 Å². The van der Waals surface area contributed by atoms with Crippen LogP contribution in [-0.2, 0) is 40.0 Å². The molecular weight excluding hydrogens is 801 g/mol. The second-order valence-corrected chi connectivity index (χ2v) is 17.6. The quantitative estimate of drug-likeness (QED) is 0.0687. The van der Waals surface area contributed by atoms with Gasteiger partial charge in [0.15, 0.2) is 0 Å². The van der Waals surface area contributed by atoms with Crippen molar-refractivity contribution >= 4 is 63.0 Å². The first kappa shape index (κ1) is 51.2. The summed E-state index contributed by atoms with van der Waals surface area (Å²) in [6.07, 6.45) is 3.76. The minimum atomic E-state index is -1.36. The molecule has 7 atom stereocenters. The Bertz CT molecular complexity index is 1490. The lowest BCUT2D eigenvalue weighted by Gasteiger charge is -2.28. The molecule has 0 spiro atoms. The fraction of sp³-hybridized carbons (Fsp3) is 0.667. The Kier molecular flexibility index (Phi) is 24.7. The molecule has 1 aliphatic rings. The molecule has 1 fully saturated rings. The van der Waals surface area contributed by atoms with Crippen molar-refractivity contribution < 1.29 is 38.7 Å². The molecule has 0 aliphatic carbocycles. The molecule has 1 aromatic rings. The molecule has 1 heterocycles. The standard InChI is InChI=1S/C39H66N10O8S2/c1-24(2)20-30-37(54)46-28(15-7-10-18-41)34(51)45-29(16-8-11-19-42)36(53)49-32(39(56)57)23-59-58-22-26(43)33(50)44-27(14-6-9-17-40)35(52)48-31(38(55)47-30)21-25-12-4-3-5-13-25/h3-5,12-13,24,26-32H,6-11,14-23,40-43H2,1-2H3,(H,44,50)(H,45,51)(H,46,54)(H,47,55)(H,48,52)(H,49,53)(H,56,57)/t26-,27-,28?,29-,30?,31?,32-/m0/s1. The van der Waals surface area contributed by atoms with Crippen LogP contribution in [0.2, 0.25) is 0 Å². The van der Waals surface area contributed by atoms with Gasteiger partial charge in [0.2, 0.25) is 35.4 Å². The molecule has 2 rings (SSSR count). The minimum absolute atomic E-state index is 0.0363. The predicted octanol–water partition coefficient (Wildman–Crippen LogP) is -0.622. The topological polar surface area (TPSA) is 316 Å². The molecule has 3 unspecified atom stereocenters. The van der Waals surface area contributed by atoms with Gasteiger partial charge >= 0.3 is 5.97 Å². The second kappa shape index (κ2) is 28.5. The Morgan fingerprint density at radius 2 is 1.02 bits per heavy atom. The maximum Gasteiger partial charge on any atom is 0.327 e. The number of unbranched alkanes of at least 4 members (excludes halogenated alkanes) is 3. The van der Waals surface area contributed by atoms with Gasteiger partial charge in [0.25, 0.3) is 0 Å². The van der Waals surface area contributed by atoms with Crippen LogP contribution in [0.4, 0.5) is 0 Å². The molecule has 6 amide bonds. The minimum Gasteiger partial charge on any atom is -0.480 e. The first-order valence-corrected chi connectivity index (χ1v) is 22.9. The first-order chi connectivity index (χ1) is 28.2. The number of carbonyl (C=O) groups is 7. The van der Waals surface area contributed by atoms with E-state index in [1.807, 2.05) is 19.9 Å². The molecule has 0 saturated carbocycles. The summed E-state index contributed by atoms with van der Waals surface area (Å²) in [6.45, 7) is 4.76. The summed E-state index contributed by atoms with van der Waals surface area (Å²) < 4.78 is 0. The Morgan fingerprint density at radius 1 is 0.610 bits per heavy atom. The van der Waals surface area contributed by atoms with E-state index in [4.69, 9.17) is 22.9 Å². The van der Waals surface area contributed by atoms with Gasteiger partial charge in [-0.2, -0.15) is 0 Å². The van der Waals surface area contributed by atoms with Crippen molar-refractivity contribution in [3.8, 4) is 0 Å². The van der Waals surface area contributed by atoms with Crippen molar-refractivity contribution in [3.05, 3.63) is 35.9 Å². The van der Waals surface area contributed by atoms with Gasteiger partial charge in [0, 0.05) is 17.9 Å². The van der Waals surface area contributed by atoms with Gasteiger partial charge in [-0.1, -0.05) is 65.8 Å². The number of rotatable bonds is 17. The third-order valence-corrected chi connectivity index (χ3v) is 12.0. The van der Waals surface area contributed by atoms with Crippen LogP contribution >= 0.6 is 21.6 Å². The normalized spacial score (nSPS) is 24.9. The lowest BCUT2D eigenvalue weighted by molar-refractivity contribution is -0.141. The van der Waals surface area contributed by atoms with Crippen molar-refractivity contribution in [1.82, 2.24) is 31.9 Å². The highest BCUT2D eigenvalue weighted by Gasteiger charge is 2.34. The van der Waals surface area contributed by atoms with Gasteiger partial charge in [0.05, 0.1) is 6.04 Å². The summed E-state index contributed by atoms with van der Waals surface area (Å²) >= 11 is 0. The van der Waals surface area contributed by atoms with E-state index in [0.29, 0.717) is 58.2 Å². The number of hydrogen-bond donors (Lipinski definition) is 11. The van der Waals surface area contributed by atoms with Crippen LogP contribution in [0, 0.1) is 5.92 Å². The lowest BCUT2D eigenvalue weighted by atomic mass is 9.99. The van der Waals surface area contributed by atoms with Crippen LogP contribution < -0.4 is 54.8 Å². The number of nitrogens with two attached hydrogens (primary N) is 4. The van der Waals surface area contributed by atoms with E-state index in [-0.39, 0.29) is 49.5 Å². The third kappa shape index (κ3) is 19.8. The number of nitrogens with one attached hydrogen (secondary N) is 6. The van der Waals surface area contributed by atoms with Gasteiger partial charge in [-0.25, -0.2) is 4.79 Å². The average Bonchev–Trinajstić information content (AvgIpc) is 3.19. The van der Waals surface area contributed by atoms with Crippen molar-refractivity contribution in [1.29, 1.82) is 0 Å². The number of aliphatic carboxylic acids is 1. The Balaban J connectivity index is 2.61. The van der Waals surface area contributed by atoms with E-state index >= 15 is 0 Å². The summed E-state index contributed by atoms with van der Waals surface area (Å²) in [5.74, 6) is -5.48. The van der Waals surface area contributed by atoms with E-state index in [2.05, 4.69) is 31.9 Å². The van der Waals surface area contributed by atoms with Crippen LogP contribution in [0.3, 0.4) is 0 Å². The van der Waals surface area contributed by atoms with Crippen LogP contribution in [0.5, 0.6) is 0 Å². The molecule has 20 heteroatoms. The zero-order valence-corrected chi connectivity index (χ0v) is 35.9. The summed E-state index contributed by atoms with van der Waals surface area (Å²) in [6, 6.07) is 0.816. The third-order valence-electron chi connectivity index (χ3n) is 9.51. The number of amides is 6. The van der Waals surface area contributed by atoms with E-state index in [1.165, 1.54) is 0 Å². The molecule has 18 nitrogen and oxygen atoms in total. The number of hydrogen-bond acceptors (Lipinski definition) is 13. The molecule has 1 saturated heterocycles. The molecule has 1 aromatic carbocycles. The van der Waals surface area contributed by atoms with Crippen LogP contribution in [0.15, 0.2) is 30.3 Å². The van der Waals surface area contributed by atoms with Crippen molar-refractivity contribution in [2.45, 2.75) is 127 Å². The molecule has 1 aliphatic heterocycles. The maximum atomic E-state index is 14.2. The maximum absolute atomic E-state index is 14.2. The molecule has 332 valence electrons. The molecule has 15 N–H and O–H groups in total. The number of benzene rings is 1. The van der Waals surface area contributed by atoms with Crippen LogP contribution in [0.1, 0.15) is 83.6 Å². The van der Waals surface area contributed by atoms with E-state index in [9.17, 15) is 38.7 Å². The van der Waals surface area contributed by atoms with Gasteiger partial charge in [-0.05, 0) is 95.3 Å². The summed E-state index contributed by atoms with van der Waals surface area (Å²) in [5, 5.41) is 26.3. The highest BCUT2D eigenvalue weighted by molar-refractivity contribution is 8.76. The Morgan fingerprint density at radius 3 is 1.49 bits per heavy atom. The Hall–Kier alpha value is -3.95. The van der Waals surface area contributed by atoms with Crippen molar-refractivity contribution in [2.24, 2.45) is 28.9 Å². The zero-order valence-electron chi connectivity index (χ0n) is 34.3. The highest BCUT2D eigenvalue weighted by Crippen LogP contribution is 2.23. The van der Waals surface area contributed by atoms with Gasteiger partial charge in [-0.3, -0.25) is 28.8 Å². The van der Waals surface area contributed by atoms with Gasteiger partial charge in [-0.15, -0.1) is 0 Å². The molecular formula is C39H66N10O8S2. The van der Waals surface area contributed by atoms with E-state index in [0.717, 1.165) is 27.2 Å². The van der Waals surface area contributed by atoms with Crippen LogP contribution in [-0.4, -0.2) is 120 Å². The lowest BCUT2D eigenvalue weighted by Crippen LogP contribution is -2.60. The summed E-state index contributed by atoms with van der Waals surface area (Å²) in [5.41, 5.74) is 24.1. The van der Waals surface area contributed by atoms with E-state index in [1.54, 1.807) is 24.3 Å². The summed E-state index contributed by atoms with van der Waals surface area (Å²) in [4.78, 5) is 95.3. The molecule has 0 radical (unpaired) electrons. The smallest absolute Gasteiger partial charge is 0.327 e. The fourth-order valence-electron chi connectivity index (χ4n) is 6.18. The number of carboxylic acids is 1.